The molecule has 7 nitrogen and oxygen atoms in total. The summed E-state index contributed by atoms with van der Waals surface area (Å²) in [6.07, 6.45) is 0. The van der Waals surface area contributed by atoms with E-state index in [1.54, 1.807) is 0 Å². The van der Waals surface area contributed by atoms with Gasteiger partial charge < -0.3 is 15.3 Å². The van der Waals surface area contributed by atoms with Crippen LogP contribution in [0.25, 0.3) is 11.0 Å². The van der Waals surface area contributed by atoms with Crippen LogP contribution in [0.2, 0.25) is 0 Å². The molecule has 0 spiro atoms. The number of aromatic carboxylic acids is 1. The van der Waals surface area contributed by atoms with Crippen LogP contribution in [0.4, 0.5) is 11.4 Å². The molecular formula is C9H6N2O5. The van der Waals surface area contributed by atoms with E-state index in [1.807, 2.05) is 0 Å². The van der Waals surface area contributed by atoms with Crippen molar-refractivity contribution in [2.45, 2.75) is 0 Å². The van der Waals surface area contributed by atoms with Gasteiger partial charge in [-0.2, -0.15) is 0 Å². The lowest BCUT2D eigenvalue weighted by Gasteiger charge is -1.90. The van der Waals surface area contributed by atoms with E-state index in [1.165, 1.54) is 12.1 Å². The third-order valence-electron chi connectivity index (χ3n) is 2.12. The van der Waals surface area contributed by atoms with Crippen LogP contribution in [0.3, 0.4) is 0 Å². The predicted molar refractivity (Wildman–Crippen MR) is 54.2 cm³/mol. The Morgan fingerprint density at radius 3 is 2.75 bits per heavy atom. The Morgan fingerprint density at radius 2 is 2.19 bits per heavy atom. The number of nitrogens with zero attached hydrogens (tertiary/aromatic N) is 1. The first kappa shape index (κ1) is 9.97. The molecule has 0 unspecified atom stereocenters. The average molecular weight is 222 g/mol. The zero-order valence-electron chi connectivity index (χ0n) is 7.84. The van der Waals surface area contributed by atoms with E-state index in [0.29, 0.717) is 5.39 Å². The molecule has 0 radical (unpaired) electrons. The molecule has 7 heteroatoms. The first-order chi connectivity index (χ1) is 7.50. The zero-order valence-corrected chi connectivity index (χ0v) is 7.84. The SMILES string of the molecule is Nc1c(C(=O)O)oc2cc([N+](=O)[O-])ccc12. The minimum Gasteiger partial charge on any atom is -0.475 e. The van der Waals surface area contributed by atoms with Crippen molar-refractivity contribution in [1.82, 2.24) is 0 Å². The molecular weight excluding hydrogens is 216 g/mol. The summed E-state index contributed by atoms with van der Waals surface area (Å²) in [5.74, 6) is -1.72. The van der Waals surface area contributed by atoms with Crippen molar-refractivity contribution >= 4 is 28.3 Å². The Balaban J connectivity index is 2.72. The molecule has 0 saturated carbocycles. The molecule has 82 valence electrons. The number of furan rings is 1. The van der Waals surface area contributed by atoms with E-state index < -0.39 is 16.7 Å². The van der Waals surface area contributed by atoms with Crippen LogP contribution >= 0.6 is 0 Å². The van der Waals surface area contributed by atoms with Gasteiger partial charge in [0.2, 0.25) is 5.76 Å². The number of benzene rings is 1. The molecule has 2 aromatic rings. The van der Waals surface area contributed by atoms with Gasteiger partial charge in [-0.3, -0.25) is 10.1 Å². The number of carboxylic acid groups (broad SMARTS) is 1. The van der Waals surface area contributed by atoms with Crippen molar-refractivity contribution in [1.29, 1.82) is 0 Å². The van der Waals surface area contributed by atoms with Gasteiger partial charge in [-0.25, -0.2) is 4.79 Å². The van der Waals surface area contributed by atoms with E-state index in [0.717, 1.165) is 6.07 Å². The topological polar surface area (TPSA) is 120 Å². The van der Waals surface area contributed by atoms with Crippen molar-refractivity contribution in [2.75, 3.05) is 5.73 Å². The fourth-order valence-corrected chi connectivity index (χ4v) is 1.38. The standard InChI is InChI=1S/C9H6N2O5/c10-7-5-2-1-4(11(14)15)3-6(5)16-8(7)9(12)13/h1-3H,10H2,(H,12,13). The van der Waals surface area contributed by atoms with Gasteiger partial charge in [0.05, 0.1) is 16.7 Å². The Labute approximate surface area is 88.2 Å². The monoisotopic (exact) mass is 222 g/mol. The van der Waals surface area contributed by atoms with Crippen molar-refractivity contribution in [2.24, 2.45) is 0 Å². The van der Waals surface area contributed by atoms with E-state index in [2.05, 4.69) is 0 Å². The number of nitrogens with two attached hydrogens (primary N) is 1. The van der Waals surface area contributed by atoms with Crippen molar-refractivity contribution in [3.05, 3.63) is 34.1 Å². The summed E-state index contributed by atoms with van der Waals surface area (Å²) in [5.41, 5.74) is 5.40. The predicted octanol–water partition coefficient (Wildman–Crippen LogP) is 1.62. The molecule has 2 rings (SSSR count). The van der Waals surface area contributed by atoms with Gasteiger partial charge in [0.15, 0.2) is 0 Å². The Hall–Kier alpha value is -2.57. The third kappa shape index (κ3) is 1.34. The van der Waals surface area contributed by atoms with Gasteiger partial charge >= 0.3 is 5.97 Å². The van der Waals surface area contributed by atoms with E-state index in [9.17, 15) is 14.9 Å². The summed E-state index contributed by atoms with van der Waals surface area (Å²) >= 11 is 0. The molecule has 0 saturated heterocycles. The maximum atomic E-state index is 10.7. The summed E-state index contributed by atoms with van der Waals surface area (Å²) in [6, 6.07) is 3.73. The van der Waals surface area contributed by atoms with Crippen LogP contribution in [0.15, 0.2) is 22.6 Å². The normalized spacial score (nSPS) is 10.5. The van der Waals surface area contributed by atoms with E-state index in [-0.39, 0.29) is 17.0 Å². The lowest BCUT2D eigenvalue weighted by atomic mass is 10.2. The number of nitro benzene ring substituents is 1. The highest BCUT2D eigenvalue weighted by Gasteiger charge is 2.19. The summed E-state index contributed by atoms with van der Waals surface area (Å²) in [5, 5.41) is 19.6. The lowest BCUT2D eigenvalue weighted by molar-refractivity contribution is -0.384. The minimum absolute atomic E-state index is 0.0302. The fraction of sp³-hybridized carbons (Fsp3) is 0. The van der Waals surface area contributed by atoms with E-state index in [4.69, 9.17) is 15.3 Å². The second-order valence-electron chi connectivity index (χ2n) is 3.09. The van der Waals surface area contributed by atoms with Gasteiger partial charge in [-0.15, -0.1) is 0 Å². The quantitative estimate of drug-likeness (QED) is 0.588. The molecule has 0 aliphatic heterocycles. The largest absolute Gasteiger partial charge is 0.475 e. The van der Waals surface area contributed by atoms with Gasteiger partial charge in [-0.05, 0) is 6.07 Å². The molecule has 0 atom stereocenters. The average Bonchev–Trinajstić information content (AvgIpc) is 2.55. The number of hydrogen-bond donors (Lipinski definition) is 2. The highest BCUT2D eigenvalue weighted by molar-refractivity contribution is 6.02. The van der Waals surface area contributed by atoms with Crippen LogP contribution in [0, 0.1) is 10.1 Å². The number of hydrogen-bond acceptors (Lipinski definition) is 5. The summed E-state index contributed by atoms with van der Waals surface area (Å²) in [6.45, 7) is 0. The maximum absolute atomic E-state index is 10.7. The number of non-ortho nitro benzene ring substituents is 1. The van der Waals surface area contributed by atoms with Crippen LogP contribution < -0.4 is 5.73 Å². The van der Waals surface area contributed by atoms with Crippen LogP contribution in [0.1, 0.15) is 10.6 Å². The van der Waals surface area contributed by atoms with Crippen molar-refractivity contribution in [3.8, 4) is 0 Å². The van der Waals surface area contributed by atoms with Crippen LogP contribution in [-0.2, 0) is 0 Å². The number of carbonyl (C=O) groups is 1. The number of carboxylic acids is 1. The zero-order chi connectivity index (χ0) is 11.9. The Morgan fingerprint density at radius 1 is 1.50 bits per heavy atom. The molecule has 0 aliphatic rings. The summed E-state index contributed by atoms with van der Waals surface area (Å²) < 4.78 is 4.92. The minimum atomic E-state index is -1.31. The number of nitro groups is 1. The second kappa shape index (κ2) is 3.23. The molecule has 1 aromatic carbocycles. The molecule has 0 amide bonds. The first-order valence-corrected chi connectivity index (χ1v) is 4.20. The Bertz CT molecular complexity index is 601. The van der Waals surface area contributed by atoms with E-state index >= 15 is 0 Å². The third-order valence-corrected chi connectivity index (χ3v) is 2.12. The second-order valence-corrected chi connectivity index (χ2v) is 3.09. The fourth-order valence-electron chi connectivity index (χ4n) is 1.38. The smallest absolute Gasteiger partial charge is 0.374 e. The van der Waals surface area contributed by atoms with Crippen LogP contribution in [0.5, 0.6) is 0 Å². The molecule has 3 N–H and O–H groups in total. The number of nitrogen functional groups attached to an aromatic ring is 1. The maximum Gasteiger partial charge on any atom is 0.374 e. The highest BCUT2D eigenvalue weighted by Crippen LogP contribution is 2.30. The summed E-state index contributed by atoms with van der Waals surface area (Å²) in [7, 11) is 0. The molecule has 1 aromatic heterocycles. The number of fused-ring (bicyclic) bond motifs is 1. The van der Waals surface area contributed by atoms with Gasteiger partial charge in [0, 0.05) is 11.5 Å². The van der Waals surface area contributed by atoms with Crippen molar-refractivity contribution < 1.29 is 19.2 Å². The van der Waals surface area contributed by atoms with Gasteiger partial charge in [-0.1, -0.05) is 0 Å². The Kier molecular flexibility index (Phi) is 2.01. The molecule has 0 aliphatic carbocycles. The lowest BCUT2D eigenvalue weighted by Crippen LogP contribution is -1.98. The number of rotatable bonds is 2. The van der Waals surface area contributed by atoms with Gasteiger partial charge in [0.25, 0.3) is 5.69 Å². The molecule has 16 heavy (non-hydrogen) atoms. The first-order valence-electron chi connectivity index (χ1n) is 4.20. The molecule has 1 heterocycles. The summed E-state index contributed by atoms with van der Waals surface area (Å²) in [4.78, 5) is 20.6. The molecule has 0 fully saturated rings. The van der Waals surface area contributed by atoms with Crippen molar-refractivity contribution in [3.63, 3.8) is 0 Å². The number of anilines is 1. The molecule has 0 bridgehead atoms. The van der Waals surface area contributed by atoms with Gasteiger partial charge in [0.1, 0.15) is 5.58 Å². The van der Waals surface area contributed by atoms with Crippen LogP contribution in [-0.4, -0.2) is 16.0 Å². The highest BCUT2D eigenvalue weighted by atomic mass is 16.6.